The topological polar surface area (TPSA) is 55.9 Å². The summed E-state index contributed by atoms with van der Waals surface area (Å²) in [5.74, 6) is 2.79. The standard InChI is InChI=1S/C32H39N3O3/c1-7-35(8-2)19-20-37-31-22-28-27(21-30(31)36-6)29(17-18-33-28)38-26-15-13-25(14-16-26)34-24-11-9-23(10-12-24)32(3,4)5/h9-18,21-22,34H,7-8,19-20H2,1-6H3. The molecular formula is C32H39N3O3. The van der Waals surface area contributed by atoms with Crippen LogP contribution in [0.4, 0.5) is 11.4 Å². The molecule has 0 bridgehead atoms. The summed E-state index contributed by atoms with van der Waals surface area (Å²) in [5, 5.41) is 4.32. The molecule has 0 aliphatic rings. The van der Waals surface area contributed by atoms with Crippen molar-refractivity contribution in [3.63, 3.8) is 0 Å². The summed E-state index contributed by atoms with van der Waals surface area (Å²) < 4.78 is 18.0. The summed E-state index contributed by atoms with van der Waals surface area (Å²) in [5.41, 5.74) is 4.28. The van der Waals surface area contributed by atoms with E-state index in [1.54, 1.807) is 13.3 Å². The number of methoxy groups -OCH3 is 1. The van der Waals surface area contributed by atoms with E-state index in [0.717, 1.165) is 47.7 Å². The third-order valence-corrected chi connectivity index (χ3v) is 6.67. The van der Waals surface area contributed by atoms with Gasteiger partial charge < -0.3 is 24.4 Å². The Kier molecular flexibility index (Phi) is 8.74. The zero-order valence-electron chi connectivity index (χ0n) is 23.4. The van der Waals surface area contributed by atoms with E-state index in [2.05, 4.69) is 74.1 Å². The monoisotopic (exact) mass is 513 g/mol. The van der Waals surface area contributed by atoms with Crippen molar-refractivity contribution in [2.24, 2.45) is 0 Å². The summed E-state index contributed by atoms with van der Waals surface area (Å²) in [6.07, 6.45) is 1.75. The second-order valence-corrected chi connectivity index (χ2v) is 10.3. The quantitative estimate of drug-likeness (QED) is 0.221. The van der Waals surface area contributed by atoms with Crippen LogP contribution in [0.2, 0.25) is 0 Å². The molecule has 0 fully saturated rings. The lowest BCUT2D eigenvalue weighted by Crippen LogP contribution is -2.27. The number of aromatic nitrogens is 1. The Bertz CT molecular complexity index is 1330. The molecule has 4 rings (SSSR count). The number of ether oxygens (including phenoxy) is 3. The first-order chi connectivity index (χ1) is 18.3. The predicted molar refractivity (Wildman–Crippen MR) is 157 cm³/mol. The van der Waals surface area contributed by atoms with Gasteiger partial charge in [-0.05, 0) is 72.6 Å². The van der Waals surface area contributed by atoms with Gasteiger partial charge in [0.25, 0.3) is 0 Å². The molecule has 0 aliphatic carbocycles. The number of nitrogens with zero attached hydrogens (tertiary/aromatic N) is 2. The van der Waals surface area contributed by atoms with E-state index in [4.69, 9.17) is 14.2 Å². The first-order valence-corrected chi connectivity index (χ1v) is 13.3. The van der Waals surface area contributed by atoms with Gasteiger partial charge in [0.1, 0.15) is 18.1 Å². The number of fused-ring (bicyclic) bond motifs is 1. The minimum Gasteiger partial charge on any atom is -0.493 e. The summed E-state index contributed by atoms with van der Waals surface area (Å²) in [6, 6.07) is 22.2. The van der Waals surface area contributed by atoms with E-state index >= 15 is 0 Å². The summed E-state index contributed by atoms with van der Waals surface area (Å²) in [4.78, 5) is 6.86. The molecule has 38 heavy (non-hydrogen) atoms. The van der Waals surface area contributed by atoms with Gasteiger partial charge in [0.2, 0.25) is 0 Å². The molecule has 1 N–H and O–H groups in total. The highest BCUT2D eigenvalue weighted by molar-refractivity contribution is 5.88. The molecule has 1 heterocycles. The summed E-state index contributed by atoms with van der Waals surface area (Å²) in [6.45, 7) is 14.4. The van der Waals surface area contributed by atoms with Crippen molar-refractivity contribution >= 4 is 22.3 Å². The molecule has 0 saturated heterocycles. The first kappa shape index (κ1) is 27.3. The Morgan fingerprint density at radius 1 is 0.816 bits per heavy atom. The van der Waals surface area contributed by atoms with Gasteiger partial charge in [-0.2, -0.15) is 0 Å². The van der Waals surface area contributed by atoms with E-state index < -0.39 is 0 Å². The summed E-state index contributed by atoms with van der Waals surface area (Å²) >= 11 is 0. The highest BCUT2D eigenvalue weighted by Gasteiger charge is 2.14. The maximum absolute atomic E-state index is 6.26. The molecule has 3 aromatic carbocycles. The maximum atomic E-state index is 6.26. The van der Waals surface area contributed by atoms with Crippen molar-refractivity contribution in [1.29, 1.82) is 0 Å². The Morgan fingerprint density at radius 2 is 1.47 bits per heavy atom. The number of nitrogens with one attached hydrogen (secondary N) is 1. The van der Waals surface area contributed by atoms with E-state index in [1.165, 1.54) is 5.56 Å². The van der Waals surface area contributed by atoms with Crippen LogP contribution >= 0.6 is 0 Å². The smallest absolute Gasteiger partial charge is 0.163 e. The van der Waals surface area contributed by atoms with E-state index in [1.807, 2.05) is 42.5 Å². The van der Waals surface area contributed by atoms with Crippen molar-refractivity contribution in [3.05, 3.63) is 78.5 Å². The van der Waals surface area contributed by atoms with Crippen molar-refractivity contribution in [1.82, 2.24) is 9.88 Å². The molecular weight excluding hydrogens is 474 g/mol. The zero-order chi connectivity index (χ0) is 27.1. The third kappa shape index (κ3) is 6.75. The van der Waals surface area contributed by atoms with Gasteiger partial charge in [-0.1, -0.05) is 46.8 Å². The van der Waals surface area contributed by atoms with Crippen LogP contribution in [-0.2, 0) is 5.41 Å². The molecule has 0 spiro atoms. The SMILES string of the molecule is CCN(CC)CCOc1cc2nccc(Oc3ccc(Nc4ccc(C(C)(C)C)cc4)cc3)c2cc1OC. The summed E-state index contributed by atoms with van der Waals surface area (Å²) in [7, 11) is 1.65. The van der Waals surface area contributed by atoms with Crippen LogP contribution in [0.5, 0.6) is 23.0 Å². The van der Waals surface area contributed by atoms with Crippen molar-refractivity contribution < 1.29 is 14.2 Å². The Hall–Kier alpha value is -3.77. The zero-order valence-corrected chi connectivity index (χ0v) is 23.4. The Morgan fingerprint density at radius 3 is 2.08 bits per heavy atom. The first-order valence-electron chi connectivity index (χ1n) is 13.3. The molecule has 4 aromatic rings. The van der Waals surface area contributed by atoms with Gasteiger partial charge in [0, 0.05) is 35.6 Å². The fourth-order valence-corrected chi connectivity index (χ4v) is 4.27. The number of rotatable bonds is 11. The highest BCUT2D eigenvalue weighted by Crippen LogP contribution is 2.37. The van der Waals surface area contributed by atoms with Crippen LogP contribution in [0.3, 0.4) is 0 Å². The Balaban J connectivity index is 1.47. The van der Waals surface area contributed by atoms with Crippen LogP contribution in [0.15, 0.2) is 72.9 Å². The second-order valence-electron chi connectivity index (χ2n) is 10.3. The number of hydrogen-bond donors (Lipinski definition) is 1. The molecule has 0 unspecified atom stereocenters. The van der Waals surface area contributed by atoms with Gasteiger partial charge in [0.15, 0.2) is 11.5 Å². The lowest BCUT2D eigenvalue weighted by atomic mass is 9.87. The fourth-order valence-electron chi connectivity index (χ4n) is 4.27. The minimum atomic E-state index is 0.137. The normalized spacial score (nSPS) is 11.6. The van der Waals surface area contributed by atoms with Gasteiger partial charge in [0.05, 0.1) is 12.6 Å². The lowest BCUT2D eigenvalue weighted by molar-refractivity contribution is 0.217. The molecule has 6 heteroatoms. The maximum Gasteiger partial charge on any atom is 0.163 e. The van der Waals surface area contributed by atoms with Gasteiger partial charge >= 0.3 is 0 Å². The average molecular weight is 514 g/mol. The largest absolute Gasteiger partial charge is 0.493 e. The van der Waals surface area contributed by atoms with E-state index in [9.17, 15) is 0 Å². The fraction of sp³-hybridized carbons (Fsp3) is 0.344. The molecule has 6 nitrogen and oxygen atoms in total. The van der Waals surface area contributed by atoms with Gasteiger partial charge in [-0.3, -0.25) is 4.98 Å². The van der Waals surface area contributed by atoms with Crippen molar-refractivity contribution in [2.45, 2.75) is 40.0 Å². The molecule has 0 atom stereocenters. The van der Waals surface area contributed by atoms with Gasteiger partial charge in [-0.25, -0.2) is 0 Å². The second kappa shape index (κ2) is 12.2. The molecule has 0 amide bonds. The van der Waals surface area contributed by atoms with Crippen LogP contribution in [0.25, 0.3) is 10.9 Å². The molecule has 200 valence electrons. The molecule has 1 aromatic heterocycles. The number of hydrogen-bond acceptors (Lipinski definition) is 6. The van der Waals surface area contributed by atoms with Crippen LogP contribution in [0.1, 0.15) is 40.2 Å². The molecule has 0 radical (unpaired) electrons. The number of pyridine rings is 1. The minimum absolute atomic E-state index is 0.137. The number of anilines is 2. The van der Waals surface area contributed by atoms with Crippen molar-refractivity contribution in [2.75, 3.05) is 38.7 Å². The number of likely N-dealkylation sites (N-methyl/N-ethyl adjacent to an activating group) is 1. The molecule has 0 saturated carbocycles. The van der Waals surface area contributed by atoms with Crippen molar-refractivity contribution in [3.8, 4) is 23.0 Å². The van der Waals surface area contributed by atoms with E-state index in [0.29, 0.717) is 23.9 Å². The predicted octanol–water partition coefficient (Wildman–Crippen LogP) is 7.80. The van der Waals surface area contributed by atoms with Crippen LogP contribution in [-0.4, -0.2) is 43.2 Å². The Labute approximate surface area is 226 Å². The lowest BCUT2D eigenvalue weighted by Gasteiger charge is -2.19. The molecule has 0 aliphatic heterocycles. The highest BCUT2D eigenvalue weighted by atomic mass is 16.5. The van der Waals surface area contributed by atoms with Gasteiger partial charge in [-0.15, -0.1) is 0 Å². The average Bonchev–Trinajstić information content (AvgIpc) is 2.92. The third-order valence-electron chi connectivity index (χ3n) is 6.67. The number of benzene rings is 3. The van der Waals surface area contributed by atoms with E-state index in [-0.39, 0.29) is 5.41 Å². The van der Waals surface area contributed by atoms with Crippen LogP contribution in [0, 0.1) is 0 Å². The van der Waals surface area contributed by atoms with Crippen LogP contribution < -0.4 is 19.5 Å².